The second kappa shape index (κ2) is 4.96. The van der Waals surface area contributed by atoms with Gasteiger partial charge in [0.25, 0.3) is 0 Å². The summed E-state index contributed by atoms with van der Waals surface area (Å²) in [5.74, 6) is -0.0158. The number of carbonyl (C=O) groups is 1. The molecule has 1 heterocycles. The van der Waals surface area contributed by atoms with Crippen LogP contribution < -0.4 is 10.6 Å². The third kappa shape index (κ3) is 2.81. The Morgan fingerprint density at radius 2 is 2.35 bits per heavy atom. The summed E-state index contributed by atoms with van der Waals surface area (Å²) >= 11 is 9.30. The van der Waals surface area contributed by atoms with Gasteiger partial charge in [-0.1, -0.05) is 11.6 Å². The second-order valence-corrected chi connectivity index (χ2v) is 5.73. The zero-order valence-corrected chi connectivity index (χ0v) is 11.9. The highest BCUT2D eigenvalue weighted by Crippen LogP contribution is 2.28. The van der Waals surface area contributed by atoms with E-state index in [2.05, 4.69) is 26.6 Å². The molecule has 1 aliphatic heterocycles. The van der Waals surface area contributed by atoms with Crippen molar-refractivity contribution in [2.24, 2.45) is 0 Å². The Balaban J connectivity index is 2.15. The molecule has 1 unspecified atom stereocenters. The summed E-state index contributed by atoms with van der Waals surface area (Å²) in [4.78, 5) is 12.2. The molecule has 0 spiro atoms. The predicted molar refractivity (Wildman–Crippen MR) is 73.4 cm³/mol. The van der Waals surface area contributed by atoms with Crippen LogP contribution in [0.25, 0.3) is 0 Å². The van der Waals surface area contributed by atoms with Crippen LogP contribution in [-0.4, -0.2) is 18.0 Å². The number of benzene rings is 1. The van der Waals surface area contributed by atoms with Crippen molar-refractivity contribution < 1.29 is 4.79 Å². The Hall–Kier alpha value is -0.580. The van der Waals surface area contributed by atoms with Crippen molar-refractivity contribution in [2.75, 3.05) is 11.9 Å². The molecule has 0 radical (unpaired) electrons. The van der Waals surface area contributed by atoms with E-state index in [4.69, 9.17) is 11.6 Å². The highest BCUT2D eigenvalue weighted by Gasteiger charge is 2.35. The van der Waals surface area contributed by atoms with Crippen molar-refractivity contribution in [2.45, 2.75) is 25.3 Å². The van der Waals surface area contributed by atoms with E-state index in [1.807, 2.05) is 13.0 Å². The van der Waals surface area contributed by atoms with Gasteiger partial charge in [0.2, 0.25) is 5.91 Å². The topological polar surface area (TPSA) is 41.1 Å². The molecule has 2 N–H and O–H groups in total. The lowest BCUT2D eigenvalue weighted by Gasteiger charge is -2.23. The number of hydrogen-bond acceptors (Lipinski definition) is 2. The molecule has 1 amide bonds. The zero-order chi connectivity index (χ0) is 12.5. The number of amides is 1. The van der Waals surface area contributed by atoms with E-state index in [0.29, 0.717) is 10.7 Å². The third-order valence-corrected chi connectivity index (χ3v) is 3.97. The lowest BCUT2D eigenvalue weighted by Crippen LogP contribution is -2.48. The van der Waals surface area contributed by atoms with Crippen molar-refractivity contribution in [1.82, 2.24) is 5.32 Å². The van der Waals surface area contributed by atoms with Crippen LogP contribution in [0.15, 0.2) is 22.7 Å². The largest absolute Gasteiger partial charge is 0.323 e. The first-order valence-corrected chi connectivity index (χ1v) is 6.70. The Bertz CT molecular complexity index is 444. The van der Waals surface area contributed by atoms with Gasteiger partial charge in [-0.3, -0.25) is 4.79 Å². The molecular formula is C12H14BrClN2O. The van der Waals surface area contributed by atoms with Gasteiger partial charge in [0.1, 0.15) is 0 Å². The van der Waals surface area contributed by atoms with E-state index in [9.17, 15) is 4.79 Å². The fourth-order valence-electron chi connectivity index (χ4n) is 1.94. The minimum atomic E-state index is -0.470. The third-order valence-electron chi connectivity index (χ3n) is 3.05. The molecule has 1 atom stereocenters. The number of carbonyl (C=O) groups excluding carboxylic acids is 1. The highest BCUT2D eigenvalue weighted by atomic mass is 79.9. The number of rotatable bonds is 2. The predicted octanol–water partition coefficient (Wildman–Crippen LogP) is 3.18. The van der Waals surface area contributed by atoms with Gasteiger partial charge in [0.05, 0.1) is 11.2 Å². The monoisotopic (exact) mass is 316 g/mol. The molecular weight excluding hydrogens is 304 g/mol. The number of hydrogen-bond donors (Lipinski definition) is 2. The van der Waals surface area contributed by atoms with Crippen molar-refractivity contribution in [3.05, 3.63) is 27.7 Å². The van der Waals surface area contributed by atoms with E-state index >= 15 is 0 Å². The van der Waals surface area contributed by atoms with Crippen LogP contribution in [-0.2, 0) is 4.79 Å². The van der Waals surface area contributed by atoms with Crippen molar-refractivity contribution in [3.8, 4) is 0 Å². The lowest BCUT2D eigenvalue weighted by molar-refractivity contribution is -0.121. The summed E-state index contributed by atoms with van der Waals surface area (Å²) in [6.07, 6.45) is 1.89. The van der Waals surface area contributed by atoms with E-state index < -0.39 is 5.54 Å². The standard InChI is InChI=1S/C12H14BrClN2O/c1-12(5-2-6-15-12)11(17)16-10-7-8(14)3-4-9(10)13/h3-4,7,15H,2,5-6H2,1H3,(H,16,17). The van der Waals surface area contributed by atoms with Gasteiger partial charge in [-0.25, -0.2) is 0 Å². The quantitative estimate of drug-likeness (QED) is 0.879. The molecule has 1 fully saturated rings. The summed E-state index contributed by atoms with van der Waals surface area (Å²) in [6.45, 7) is 2.81. The van der Waals surface area contributed by atoms with Crippen molar-refractivity contribution in [1.29, 1.82) is 0 Å². The summed E-state index contributed by atoms with van der Waals surface area (Å²) in [6, 6.07) is 5.33. The van der Waals surface area contributed by atoms with Crippen molar-refractivity contribution >= 4 is 39.1 Å². The van der Waals surface area contributed by atoms with Crippen LogP contribution >= 0.6 is 27.5 Å². The maximum Gasteiger partial charge on any atom is 0.244 e. The molecule has 1 aromatic carbocycles. The summed E-state index contributed by atoms with van der Waals surface area (Å²) < 4.78 is 0.830. The number of nitrogens with one attached hydrogen (secondary N) is 2. The van der Waals surface area contributed by atoms with Gasteiger partial charge in [-0.05, 0) is 60.4 Å². The van der Waals surface area contributed by atoms with E-state index in [1.54, 1.807) is 12.1 Å². The fourth-order valence-corrected chi connectivity index (χ4v) is 2.46. The van der Waals surface area contributed by atoms with Crippen LogP contribution in [0.5, 0.6) is 0 Å². The van der Waals surface area contributed by atoms with Crippen LogP contribution in [0.1, 0.15) is 19.8 Å². The first-order chi connectivity index (χ1) is 8.01. The second-order valence-electron chi connectivity index (χ2n) is 4.44. The SMILES string of the molecule is CC1(C(=O)Nc2cc(Cl)ccc2Br)CCCN1. The van der Waals surface area contributed by atoms with Gasteiger partial charge in [0, 0.05) is 9.50 Å². The molecule has 17 heavy (non-hydrogen) atoms. The average molecular weight is 318 g/mol. The zero-order valence-electron chi connectivity index (χ0n) is 9.52. The maximum absolute atomic E-state index is 12.2. The molecule has 3 nitrogen and oxygen atoms in total. The van der Waals surface area contributed by atoms with E-state index in [0.717, 1.165) is 23.9 Å². The fraction of sp³-hybridized carbons (Fsp3) is 0.417. The smallest absolute Gasteiger partial charge is 0.244 e. The van der Waals surface area contributed by atoms with E-state index in [1.165, 1.54) is 0 Å². The summed E-state index contributed by atoms with van der Waals surface area (Å²) in [7, 11) is 0. The molecule has 0 aromatic heterocycles. The van der Waals surface area contributed by atoms with Crippen LogP contribution in [0.4, 0.5) is 5.69 Å². The summed E-state index contributed by atoms with van der Waals surface area (Å²) in [5.41, 5.74) is 0.235. The molecule has 1 saturated heterocycles. The van der Waals surface area contributed by atoms with Gasteiger partial charge < -0.3 is 10.6 Å². The van der Waals surface area contributed by atoms with Crippen LogP contribution in [0, 0.1) is 0 Å². The number of halogens is 2. The molecule has 1 aliphatic rings. The summed E-state index contributed by atoms with van der Waals surface area (Å²) in [5, 5.41) is 6.73. The average Bonchev–Trinajstić information content (AvgIpc) is 2.72. The molecule has 0 bridgehead atoms. The Morgan fingerprint density at radius 3 is 3.00 bits per heavy atom. The highest BCUT2D eigenvalue weighted by molar-refractivity contribution is 9.10. The van der Waals surface area contributed by atoms with E-state index in [-0.39, 0.29) is 5.91 Å². The first kappa shape index (κ1) is 12.9. The van der Waals surface area contributed by atoms with Crippen molar-refractivity contribution in [3.63, 3.8) is 0 Å². The molecule has 0 saturated carbocycles. The van der Waals surface area contributed by atoms with Gasteiger partial charge in [-0.15, -0.1) is 0 Å². The normalized spacial score (nSPS) is 23.7. The van der Waals surface area contributed by atoms with Gasteiger partial charge in [-0.2, -0.15) is 0 Å². The molecule has 1 aromatic rings. The number of anilines is 1. The Morgan fingerprint density at radius 1 is 1.59 bits per heavy atom. The van der Waals surface area contributed by atoms with Gasteiger partial charge >= 0.3 is 0 Å². The molecule has 2 rings (SSSR count). The lowest BCUT2D eigenvalue weighted by atomic mass is 9.99. The Kier molecular flexibility index (Phi) is 3.76. The minimum absolute atomic E-state index is 0.0158. The van der Waals surface area contributed by atoms with Crippen LogP contribution in [0.3, 0.4) is 0 Å². The van der Waals surface area contributed by atoms with Crippen LogP contribution in [0.2, 0.25) is 5.02 Å². The van der Waals surface area contributed by atoms with Gasteiger partial charge in [0.15, 0.2) is 0 Å². The first-order valence-electron chi connectivity index (χ1n) is 5.53. The molecule has 92 valence electrons. The Labute approximate surface area is 114 Å². The molecule has 5 heteroatoms. The maximum atomic E-state index is 12.2. The minimum Gasteiger partial charge on any atom is -0.323 e. The molecule has 0 aliphatic carbocycles.